The Hall–Kier alpha value is -2.36. The summed E-state index contributed by atoms with van der Waals surface area (Å²) in [6.07, 6.45) is 2.74. The monoisotopic (exact) mass is 270 g/mol. The van der Waals surface area contributed by atoms with E-state index in [4.69, 9.17) is 4.74 Å². The van der Waals surface area contributed by atoms with E-state index in [2.05, 4.69) is 10.3 Å². The molecule has 4 nitrogen and oxygen atoms in total. The predicted molar refractivity (Wildman–Crippen MR) is 78.8 cm³/mol. The zero-order chi connectivity index (χ0) is 14.2. The van der Waals surface area contributed by atoms with Crippen molar-refractivity contribution in [2.24, 2.45) is 0 Å². The summed E-state index contributed by atoms with van der Waals surface area (Å²) in [7, 11) is 0. The first kappa shape index (κ1) is 14.1. The van der Waals surface area contributed by atoms with Crippen LogP contribution in [0.25, 0.3) is 0 Å². The Morgan fingerprint density at radius 2 is 2.00 bits per heavy atom. The molecule has 2 rings (SSSR count). The maximum absolute atomic E-state index is 11.7. The number of anilines is 1. The molecule has 1 N–H and O–H groups in total. The highest BCUT2D eigenvalue weighted by atomic mass is 16.5. The number of pyridine rings is 1. The SMILES string of the molecule is Cc1ccccc1OCCCC(=O)Nc1ccccn1. The summed E-state index contributed by atoms with van der Waals surface area (Å²) in [5.41, 5.74) is 1.10. The van der Waals surface area contributed by atoms with Gasteiger partial charge >= 0.3 is 0 Å². The van der Waals surface area contributed by atoms with Crippen LogP contribution in [0, 0.1) is 6.92 Å². The highest BCUT2D eigenvalue weighted by Gasteiger charge is 2.03. The fourth-order valence-electron chi connectivity index (χ4n) is 1.78. The van der Waals surface area contributed by atoms with E-state index in [0.717, 1.165) is 11.3 Å². The number of para-hydroxylation sites is 1. The molecule has 0 saturated carbocycles. The fraction of sp³-hybridized carbons (Fsp3) is 0.250. The number of nitrogens with one attached hydrogen (secondary N) is 1. The van der Waals surface area contributed by atoms with Crippen LogP contribution in [-0.4, -0.2) is 17.5 Å². The van der Waals surface area contributed by atoms with Gasteiger partial charge in [0, 0.05) is 12.6 Å². The molecule has 0 fully saturated rings. The van der Waals surface area contributed by atoms with E-state index < -0.39 is 0 Å². The standard InChI is InChI=1S/C16H18N2O2/c1-13-7-2-3-8-14(13)20-12-6-10-16(19)18-15-9-4-5-11-17-15/h2-5,7-9,11H,6,10,12H2,1H3,(H,17,18,19). The molecule has 4 heteroatoms. The summed E-state index contributed by atoms with van der Waals surface area (Å²) < 4.78 is 5.64. The molecule has 20 heavy (non-hydrogen) atoms. The van der Waals surface area contributed by atoms with E-state index in [0.29, 0.717) is 25.3 Å². The number of aromatic nitrogens is 1. The lowest BCUT2D eigenvalue weighted by atomic mass is 10.2. The minimum atomic E-state index is -0.0444. The molecule has 1 amide bonds. The Kier molecular flexibility index (Phi) is 5.12. The van der Waals surface area contributed by atoms with Gasteiger partial charge in [0.2, 0.25) is 5.91 Å². The van der Waals surface area contributed by atoms with E-state index in [1.54, 1.807) is 12.3 Å². The molecule has 0 unspecified atom stereocenters. The summed E-state index contributed by atoms with van der Waals surface area (Å²) in [5.74, 6) is 1.41. The van der Waals surface area contributed by atoms with Crippen LogP contribution in [0.15, 0.2) is 48.7 Å². The van der Waals surface area contributed by atoms with Gasteiger partial charge in [0.25, 0.3) is 0 Å². The van der Waals surface area contributed by atoms with Crippen molar-refractivity contribution in [2.75, 3.05) is 11.9 Å². The number of carbonyl (C=O) groups excluding carboxylic acids is 1. The van der Waals surface area contributed by atoms with Crippen LogP contribution in [0.3, 0.4) is 0 Å². The average Bonchev–Trinajstić information content (AvgIpc) is 2.46. The normalized spacial score (nSPS) is 10.1. The number of ether oxygens (including phenoxy) is 1. The first-order valence-electron chi connectivity index (χ1n) is 6.65. The Bertz CT molecular complexity index is 555. The van der Waals surface area contributed by atoms with Crippen LogP contribution in [0.2, 0.25) is 0 Å². The third kappa shape index (κ3) is 4.39. The van der Waals surface area contributed by atoms with Gasteiger partial charge in [-0.25, -0.2) is 4.98 Å². The molecule has 0 aliphatic carbocycles. The van der Waals surface area contributed by atoms with E-state index in [-0.39, 0.29) is 5.91 Å². The van der Waals surface area contributed by atoms with Crippen LogP contribution in [0.4, 0.5) is 5.82 Å². The van der Waals surface area contributed by atoms with Crippen LogP contribution in [-0.2, 0) is 4.79 Å². The lowest BCUT2D eigenvalue weighted by Crippen LogP contribution is -2.13. The van der Waals surface area contributed by atoms with Gasteiger partial charge in [0.15, 0.2) is 0 Å². The molecule has 104 valence electrons. The highest BCUT2D eigenvalue weighted by molar-refractivity contribution is 5.89. The number of hydrogen-bond acceptors (Lipinski definition) is 3. The molecular weight excluding hydrogens is 252 g/mol. The Morgan fingerprint density at radius 3 is 2.75 bits per heavy atom. The molecule has 2 aromatic rings. The largest absolute Gasteiger partial charge is 0.493 e. The summed E-state index contributed by atoms with van der Waals surface area (Å²) in [6.45, 7) is 2.53. The summed E-state index contributed by atoms with van der Waals surface area (Å²) in [4.78, 5) is 15.7. The molecule has 1 aromatic carbocycles. The summed E-state index contributed by atoms with van der Waals surface area (Å²) in [5, 5.41) is 2.75. The molecular formula is C16H18N2O2. The molecule has 0 bridgehead atoms. The molecule has 0 spiro atoms. The number of nitrogens with zero attached hydrogens (tertiary/aromatic N) is 1. The Labute approximate surface area is 118 Å². The van der Waals surface area contributed by atoms with E-state index >= 15 is 0 Å². The zero-order valence-corrected chi connectivity index (χ0v) is 11.5. The van der Waals surface area contributed by atoms with Gasteiger partial charge in [0.1, 0.15) is 11.6 Å². The van der Waals surface area contributed by atoms with Crippen molar-refractivity contribution in [1.29, 1.82) is 0 Å². The van der Waals surface area contributed by atoms with Gasteiger partial charge in [-0.3, -0.25) is 4.79 Å². The van der Waals surface area contributed by atoms with Gasteiger partial charge in [-0.1, -0.05) is 24.3 Å². The van der Waals surface area contributed by atoms with Gasteiger partial charge in [-0.15, -0.1) is 0 Å². The van der Waals surface area contributed by atoms with Crippen molar-refractivity contribution in [3.8, 4) is 5.75 Å². The number of hydrogen-bond donors (Lipinski definition) is 1. The zero-order valence-electron chi connectivity index (χ0n) is 11.5. The van der Waals surface area contributed by atoms with E-state index in [9.17, 15) is 4.79 Å². The first-order chi connectivity index (χ1) is 9.75. The fourth-order valence-corrected chi connectivity index (χ4v) is 1.78. The Balaban J connectivity index is 1.69. The van der Waals surface area contributed by atoms with Gasteiger partial charge < -0.3 is 10.1 Å². The number of benzene rings is 1. The van der Waals surface area contributed by atoms with Crippen LogP contribution < -0.4 is 10.1 Å². The topological polar surface area (TPSA) is 51.2 Å². The molecule has 0 aliphatic rings. The van der Waals surface area contributed by atoms with Gasteiger partial charge in [0.05, 0.1) is 6.61 Å². The highest BCUT2D eigenvalue weighted by Crippen LogP contribution is 2.16. The molecule has 1 aromatic heterocycles. The number of rotatable bonds is 6. The first-order valence-corrected chi connectivity index (χ1v) is 6.65. The van der Waals surface area contributed by atoms with Crippen molar-refractivity contribution < 1.29 is 9.53 Å². The quantitative estimate of drug-likeness (QED) is 0.820. The second-order valence-electron chi connectivity index (χ2n) is 4.48. The van der Waals surface area contributed by atoms with Crippen molar-refractivity contribution in [1.82, 2.24) is 4.98 Å². The molecule has 0 atom stereocenters. The van der Waals surface area contributed by atoms with Crippen molar-refractivity contribution in [2.45, 2.75) is 19.8 Å². The third-order valence-corrected chi connectivity index (χ3v) is 2.83. The minimum absolute atomic E-state index is 0.0444. The number of amides is 1. The molecule has 0 aliphatic heterocycles. The Morgan fingerprint density at radius 1 is 1.20 bits per heavy atom. The van der Waals surface area contributed by atoms with Crippen molar-refractivity contribution >= 4 is 11.7 Å². The van der Waals surface area contributed by atoms with Gasteiger partial charge in [-0.2, -0.15) is 0 Å². The lowest BCUT2D eigenvalue weighted by Gasteiger charge is -2.08. The lowest BCUT2D eigenvalue weighted by molar-refractivity contribution is -0.116. The van der Waals surface area contributed by atoms with Gasteiger partial charge in [-0.05, 0) is 37.1 Å². The maximum atomic E-state index is 11.7. The average molecular weight is 270 g/mol. The molecule has 1 heterocycles. The second-order valence-corrected chi connectivity index (χ2v) is 4.48. The van der Waals surface area contributed by atoms with Crippen molar-refractivity contribution in [3.63, 3.8) is 0 Å². The van der Waals surface area contributed by atoms with Crippen LogP contribution in [0.5, 0.6) is 5.75 Å². The second kappa shape index (κ2) is 7.28. The summed E-state index contributed by atoms with van der Waals surface area (Å²) >= 11 is 0. The summed E-state index contributed by atoms with van der Waals surface area (Å²) in [6, 6.07) is 13.3. The minimum Gasteiger partial charge on any atom is -0.493 e. The molecule has 0 radical (unpaired) electrons. The van der Waals surface area contributed by atoms with Crippen LogP contribution in [0.1, 0.15) is 18.4 Å². The predicted octanol–water partition coefficient (Wildman–Crippen LogP) is 3.19. The van der Waals surface area contributed by atoms with Crippen molar-refractivity contribution in [3.05, 3.63) is 54.2 Å². The third-order valence-electron chi connectivity index (χ3n) is 2.83. The van der Waals surface area contributed by atoms with E-state index in [1.165, 1.54) is 0 Å². The van der Waals surface area contributed by atoms with Crippen LogP contribution >= 0.6 is 0 Å². The maximum Gasteiger partial charge on any atom is 0.225 e. The number of carbonyl (C=O) groups is 1. The van der Waals surface area contributed by atoms with E-state index in [1.807, 2.05) is 43.3 Å². The molecule has 0 saturated heterocycles. The number of aryl methyl sites for hydroxylation is 1. The smallest absolute Gasteiger partial charge is 0.225 e.